The third-order valence-corrected chi connectivity index (χ3v) is 9.30. The number of halogens is 2. The first-order valence-electron chi connectivity index (χ1n) is 13.0. The van der Waals surface area contributed by atoms with Crippen molar-refractivity contribution < 1.29 is 18.0 Å². The van der Waals surface area contributed by atoms with E-state index in [1.54, 1.807) is 49.4 Å². The molecular formula is C30H35Cl2N3O4S. The van der Waals surface area contributed by atoms with E-state index in [0.717, 1.165) is 27.4 Å². The van der Waals surface area contributed by atoms with E-state index >= 15 is 0 Å². The topological polar surface area (TPSA) is 86.8 Å². The van der Waals surface area contributed by atoms with Gasteiger partial charge in [0.2, 0.25) is 11.8 Å². The smallest absolute Gasteiger partial charge is 0.264 e. The van der Waals surface area contributed by atoms with E-state index < -0.39 is 28.5 Å². The maximum atomic E-state index is 14.0. The third kappa shape index (κ3) is 7.36. The summed E-state index contributed by atoms with van der Waals surface area (Å²) in [6, 6.07) is 15.9. The molecule has 0 aliphatic rings. The number of hydrogen-bond donors (Lipinski definition) is 1. The van der Waals surface area contributed by atoms with Crippen molar-refractivity contribution in [1.29, 1.82) is 0 Å². The predicted octanol–water partition coefficient (Wildman–Crippen LogP) is 6.06. The van der Waals surface area contributed by atoms with Crippen LogP contribution in [0.2, 0.25) is 10.0 Å². The van der Waals surface area contributed by atoms with E-state index in [-0.39, 0.29) is 17.3 Å². The van der Waals surface area contributed by atoms with Crippen LogP contribution in [0.25, 0.3) is 0 Å². The molecule has 214 valence electrons. The zero-order valence-corrected chi connectivity index (χ0v) is 25.7. The molecule has 7 nitrogen and oxygen atoms in total. The van der Waals surface area contributed by atoms with E-state index in [9.17, 15) is 18.0 Å². The van der Waals surface area contributed by atoms with Crippen LogP contribution in [0.5, 0.6) is 0 Å². The number of benzene rings is 3. The molecule has 0 radical (unpaired) electrons. The zero-order chi connectivity index (χ0) is 29.6. The predicted molar refractivity (Wildman–Crippen MR) is 161 cm³/mol. The molecule has 0 fully saturated rings. The zero-order valence-electron chi connectivity index (χ0n) is 23.4. The van der Waals surface area contributed by atoms with E-state index in [2.05, 4.69) is 5.32 Å². The Morgan fingerprint density at radius 2 is 1.62 bits per heavy atom. The van der Waals surface area contributed by atoms with Gasteiger partial charge in [0.05, 0.1) is 20.6 Å². The van der Waals surface area contributed by atoms with Gasteiger partial charge in [-0.25, -0.2) is 8.42 Å². The van der Waals surface area contributed by atoms with Crippen LogP contribution in [-0.2, 0) is 26.2 Å². The minimum absolute atomic E-state index is 0.0294. The number of hydrogen-bond acceptors (Lipinski definition) is 4. The van der Waals surface area contributed by atoms with Gasteiger partial charge in [-0.1, -0.05) is 66.0 Å². The number of rotatable bonds is 11. The number of carbonyl (C=O) groups is 2. The lowest BCUT2D eigenvalue weighted by molar-refractivity contribution is -0.139. The van der Waals surface area contributed by atoms with Gasteiger partial charge in [0.15, 0.2) is 0 Å². The number of carbonyl (C=O) groups excluding carboxylic acids is 2. The summed E-state index contributed by atoms with van der Waals surface area (Å²) in [6.07, 6.45) is 0.731. The van der Waals surface area contributed by atoms with Crippen molar-refractivity contribution in [3.63, 3.8) is 0 Å². The summed E-state index contributed by atoms with van der Waals surface area (Å²) < 4.78 is 29.1. The van der Waals surface area contributed by atoms with Crippen LogP contribution in [0.4, 0.5) is 5.69 Å². The lowest BCUT2D eigenvalue weighted by atomic mass is 10.1. The van der Waals surface area contributed by atoms with Crippen molar-refractivity contribution in [2.45, 2.75) is 58.5 Å². The molecular weight excluding hydrogens is 569 g/mol. The summed E-state index contributed by atoms with van der Waals surface area (Å²) in [4.78, 5) is 28.4. The summed E-state index contributed by atoms with van der Waals surface area (Å²) in [6.45, 7) is 9.10. The molecule has 3 rings (SSSR count). The molecule has 0 saturated carbocycles. The fraction of sp³-hybridized carbons (Fsp3) is 0.333. The van der Waals surface area contributed by atoms with E-state index in [0.29, 0.717) is 27.8 Å². The van der Waals surface area contributed by atoms with Gasteiger partial charge >= 0.3 is 0 Å². The Morgan fingerprint density at radius 3 is 2.25 bits per heavy atom. The van der Waals surface area contributed by atoms with Gasteiger partial charge in [-0.3, -0.25) is 13.9 Å². The fourth-order valence-corrected chi connectivity index (χ4v) is 5.96. The molecule has 10 heteroatoms. The molecule has 40 heavy (non-hydrogen) atoms. The van der Waals surface area contributed by atoms with Crippen molar-refractivity contribution in [2.75, 3.05) is 17.4 Å². The first-order chi connectivity index (χ1) is 18.9. The van der Waals surface area contributed by atoms with Gasteiger partial charge in [-0.05, 0) is 81.1 Å². The molecule has 0 spiro atoms. The monoisotopic (exact) mass is 603 g/mol. The van der Waals surface area contributed by atoms with Crippen molar-refractivity contribution in [3.05, 3.63) is 93.0 Å². The molecule has 0 aromatic heterocycles. The van der Waals surface area contributed by atoms with Gasteiger partial charge in [-0.2, -0.15) is 0 Å². The van der Waals surface area contributed by atoms with E-state index in [4.69, 9.17) is 23.2 Å². The van der Waals surface area contributed by atoms with Gasteiger partial charge in [0.1, 0.15) is 12.6 Å². The summed E-state index contributed by atoms with van der Waals surface area (Å²) in [5.74, 6) is -0.878. The summed E-state index contributed by atoms with van der Waals surface area (Å²) in [5, 5.41) is 3.50. The number of nitrogens with zero attached hydrogens (tertiary/aromatic N) is 2. The highest BCUT2D eigenvalue weighted by Gasteiger charge is 2.33. The Labute approximate surface area is 247 Å². The van der Waals surface area contributed by atoms with E-state index in [1.807, 2.05) is 33.8 Å². The number of nitrogens with one attached hydrogen (secondary N) is 1. The van der Waals surface area contributed by atoms with Crippen molar-refractivity contribution in [2.24, 2.45) is 0 Å². The lowest BCUT2D eigenvalue weighted by Gasteiger charge is -2.32. The van der Waals surface area contributed by atoms with Crippen molar-refractivity contribution in [1.82, 2.24) is 10.2 Å². The Hall–Kier alpha value is -3.07. The summed E-state index contributed by atoms with van der Waals surface area (Å²) in [7, 11) is -4.14. The molecule has 1 unspecified atom stereocenters. The molecule has 3 aromatic rings. The van der Waals surface area contributed by atoms with Gasteiger partial charge in [-0.15, -0.1) is 0 Å². The molecule has 2 amide bonds. The highest BCUT2D eigenvalue weighted by molar-refractivity contribution is 7.92. The van der Waals surface area contributed by atoms with Crippen LogP contribution < -0.4 is 9.62 Å². The highest BCUT2D eigenvalue weighted by atomic mass is 35.5. The number of aryl methyl sites for hydroxylation is 2. The number of amides is 2. The Morgan fingerprint density at radius 1 is 0.950 bits per heavy atom. The van der Waals surface area contributed by atoms with Gasteiger partial charge in [0.25, 0.3) is 10.0 Å². The molecule has 1 N–H and O–H groups in total. The van der Waals surface area contributed by atoms with Crippen LogP contribution in [0, 0.1) is 20.8 Å². The molecule has 0 bridgehead atoms. The average Bonchev–Trinajstić information content (AvgIpc) is 2.92. The molecule has 0 aliphatic carbocycles. The molecule has 0 heterocycles. The minimum Gasteiger partial charge on any atom is -0.354 e. The third-order valence-electron chi connectivity index (χ3n) is 6.79. The first-order valence-corrected chi connectivity index (χ1v) is 15.2. The second kappa shape index (κ2) is 13.5. The van der Waals surface area contributed by atoms with Crippen molar-refractivity contribution in [3.8, 4) is 0 Å². The second-order valence-electron chi connectivity index (χ2n) is 9.78. The fourth-order valence-electron chi connectivity index (χ4n) is 4.17. The Balaban J connectivity index is 2.07. The SMILES string of the molecule is CCCNC(=O)C(C)N(Cc1ccc(Cl)c(Cl)c1)C(=O)CN(c1cccc(C)c1C)S(=O)(=O)c1ccc(C)cc1. The van der Waals surface area contributed by atoms with Crippen molar-refractivity contribution >= 4 is 50.7 Å². The lowest BCUT2D eigenvalue weighted by Crippen LogP contribution is -2.51. The summed E-state index contributed by atoms with van der Waals surface area (Å²) in [5.41, 5.74) is 3.57. The van der Waals surface area contributed by atoms with Crippen LogP contribution in [-0.4, -0.2) is 44.3 Å². The quantitative estimate of drug-likeness (QED) is 0.289. The summed E-state index contributed by atoms with van der Waals surface area (Å²) >= 11 is 12.3. The Kier molecular flexibility index (Phi) is 10.6. The normalized spacial score (nSPS) is 12.1. The second-order valence-corrected chi connectivity index (χ2v) is 12.5. The average molecular weight is 605 g/mol. The van der Waals surface area contributed by atoms with Gasteiger partial charge < -0.3 is 10.2 Å². The largest absolute Gasteiger partial charge is 0.354 e. The van der Waals surface area contributed by atoms with Crippen LogP contribution in [0.15, 0.2) is 65.6 Å². The number of sulfonamides is 1. The molecule has 0 saturated heterocycles. The van der Waals surface area contributed by atoms with Crippen LogP contribution in [0.3, 0.4) is 0 Å². The maximum absolute atomic E-state index is 14.0. The molecule has 3 aromatic carbocycles. The van der Waals surface area contributed by atoms with E-state index in [1.165, 1.54) is 17.0 Å². The van der Waals surface area contributed by atoms with Gasteiger partial charge in [0, 0.05) is 13.1 Å². The van der Waals surface area contributed by atoms with Crippen LogP contribution in [0.1, 0.15) is 42.5 Å². The highest BCUT2D eigenvalue weighted by Crippen LogP contribution is 2.30. The standard InChI is InChI=1S/C30H35Cl2N3O4S/c1-6-16-33-30(37)23(5)34(18-24-12-15-26(31)27(32)17-24)29(36)19-35(28-9-7-8-21(3)22(28)4)40(38,39)25-13-10-20(2)11-14-25/h7-15,17,23H,6,16,18-19H2,1-5H3,(H,33,37). The van der Waals surface area contributed by atoms with Crippen LogP contribution >= 0.6 is 23.2 Å². The molecule has 1 atom stereocenters. The Bertz CT molecular complexity index is 1480. The first kappa shape index (κ1) is 31.5. The maximum Gasteiger partial charge on any atom is 0.264 e. The molecule has 0 aliphatic heterocycles. The minimum atomic E-state index is -4.14. The number of anilines is 1.